The fraction of sp³-hybridized carbons (Fsp3) is 0.0123. The lowest BCUT2D eigenvalue weighted by molar-refractivity contribution is 0.669. The van der Waals surface area contributed by atoms with Gasteiger partial charge in [0.1, 0.15) is 22.3 Å². The minimum Gasteiger partial charge on any atom is -0.455 e. The molecular formula is C81H52N2O2. The summed E-state index contributed by atoms with van der Waals surface area (Å²) in [5, 5.41) is 9.09. The Labute approximate surface area is 492 Å². The van der Waals surface area contributed by atoms with Gasteiger partial charge in [-0.15, -0.1) is 0 Å². The van der Waals surface area contributed by atoms with E-state index >= 15 is 0 Å². The van der Waals surface area contributed by atoms with Gasteiger partial charge in [0.15, 0.2) is 0 Å². The molecule has 0 bridgehead atoms. The van der Waals surface area contributed by atoms with Crippen molar-refractivity contribution in [1.82, 2.24) is 0 Å². The molecule has 0 fully saturated rings. The van der Waals surface area contributed by atoms with Crippen molar-refractivity contribution in [1.29, 1.82) is 0 Å². The highest BCUT2D eigenvalue weighted by Gasteiger charge is 2.49. The highest BCUT2D eigenvalue weighted by Crippen LogP contribution is 2.63. The van der Waals surface area contributed by atoms with Gasteiger partial charge in [0.2, 0.25) is 0 Å². The number of hydrogen-bond acceptors (Lipinski definition) is 4. The summed E-state index contributed by atoms with van der Waals surface area (Å²) in [6.07, 6.45) is 0. The number of rotatable bonds is 10. The Morgan fingerprint density at radius 1 is 0.247 bits per heavy atom. The summed E-state index contributed by atoms with van der Waals surface area (Å²) in [5.41, 5.74) is 20.6. The molecule has 0 radical (unpaired) electrons. The quantitative estimate of drug-likeness (QED) is 0.137. The molecule has 2 heterocycles. The summed E-state index contributed by atoms with van der Waals surface area (Å²) >= 11 is 0. The van der Waals surface area contributed by atoms with E-state index in [4.69, 9.17) is 8.83 Å². The smallest absolute Gasteiger partial charge is 0.143 e. The summed E-state index contributed by atoms with van der Waals surface area (Å²) in [5.74, 6) is 0. The molecule has 0 spiro atoms. The molecule has 4 nitrogen and oxygen atoms in total. The molecular weight excluding hydrogens is 1030 g/mol. The van der Waals surface area contributed by atoms with Crippen molar-refractivity contribution < 1.29 is 8.83 Å². The maximum absolute atomic E-state index is 6.68. The van der Waals surface area contributed by atoms with Gasteiger partial charge in [0.05, 0.1) is 16.8 Å². The van der Waals surface area contributed by atoms with Gasteiger partial charge in [-0.1, -0.05) is 243 Å². The average Bonchev–Trinajstić information content (AvgIpc) is 1.59. The molecule has 17 rings (SSSR count). The highest BCUT2D eigenvalue weighted by atomic mass is 16.3. The molecule has 85 heavy (non-hydrogen) atoms. The Morgan fingerprint density at radius 2 is 0.576 bits per heavy atom. The summed E-state index contributed by atoms with van der Waals surface area (Å²) < 4.78 is 13.4. The molecule has 1 aliphatic rings. The van der Waals surface area contributed by atoms with Gasteiger partial charge in [-0.25, -0.2) is 0 Å². The molecule has 16 aromatic rings. The first kappa shape index (κ1) is 48.5. The fourth-order valence-electron chi connectivity index (χ4n) is 14.1. The number of fused-ring (bicyclic) bond motifs is 13. The van der Waals surface area contributed by atoms with E-state index in [1.807, 2.05) is 12.1 Å². The van der Waals surface area contributed by atoms with Gasteiger partial charge in [-0.3, -0.25) is 0 Å². The topological polar surface area (TPSA) is 32.8 Å². The monoisotopic (exact) mass is 1080 g/mol. The van der Waals surface area contributed by atoms with Crippen LogP contribution in [0.15, 0.2) is 324 Å². The largest absolute Gasteiger partial charge is 0.455 e. The Balaban J connectivity index is 0.942. The average molecular weight is 1090 g/mol. The predicted octanol–water partition coefficient (Wildman–Crippen LogP) is 22.4. The van der Waals surface area contributed by atoms with E-state index in [-0.39, 0.29) is 0 Å². The number of nitrogens with zero attached hydrogens (tertiary/aromatic N) is 2. The molecule has 0 amide bonds. The predicted molar refractivity (Wildman–Crippen MR) is 354 cm³/mol. The fourth-order valence-corrected chi connectivity index (χ4v) is 14.1. The van der Waals surface area contributed by atoms with Gasteiger partial charge in [-0.2, -0.15) is 0 Å². The zero-order chi connectivity index (χ0) is 56.0. The minimum absolute atomic E-state index is 0.812. The van der Waals surface area contributed by atoms with Crippen LogP contribution in [0.4, 0.5) is 34.1 Å². The molecule has 0 aliphatic heterocycles. The zero-order valence-electron chi connectivity index (χ0n) is 46.2. The van der Waals surface area contributed by atoms with Gasteiger partial charge < -0.3 is 18.6 Å². The second-order valence-electron chi connectivity index (χ2n) is 22.2. The van der Waals surface area contributed by atoms with Crippen LogP contribution in [0, 0.1) is 0 Å². The molecule has 4 heteroatoms. The van der Waals surface area contributed by atoms with Crippen molar-refractivity contribution in [3.63, 3.8) is 0 Å². The standard InChI is InChI=1S/C81H52N2O2/c1-5-27-55(28-6-1)81(56-29-7-2-8-30-56)71-51-73(82(57-31-9-3-10-32-57)59-35-21-25-53(49-59)61-43-23-45-69-65-39-17-19-47-75(65)84-79(61)69)63-37-13-15-41-67(63)77(71)78-68-42-16-14-38-64(68)74(52-72(78)81)83(58-33-11-4-12-34-58)60-36-22-26-54(50-60)62-44-24-46-70-66-40-18-20-48-76(66)85-80(62)70/h1-52H. The first-order valence-corrected chi connectivity index (χ1v) is 29.1. The number of anilines is 6. The summed E-state index contributed by atoms with van der Waals surface area (Å²) in [6, 6.07) is 115. The maximum Gasteiger partial charge on any atom is 0.143 e. The Kier molecular flexibility index (Phi) is 11.1. The van der Waals surface area contributed by atoms with Crippen LogP contribution in [0.25, 0.3) is 98.8 Å². The van der Waals surface area contributed by atoms with Crippen LogP contribution >= 0.6 is 0 Å². The molecule has 398 valence electrons. The van der Waals surface area contributed by atoms with Crippen molar-refractivity contribution in [2.75, 3.05) is 9.80 Å². The van der Waals surface area contributed by atoms with Crippen molar-refractivity contribution in [3.8, 4) is 33.4 Å². The van der Waals surface area contributed by atoms with Crippen molar-refractivity contribution in [3.05, 3.63) is 338 Å². The number of benzene rings is 14. The van der Waals surface area contributed by atoms with Crippen molar-refractivity contribution in [2.45, 2.75) is 5.41 Å². The number of para-hydroxylation sites is 6. The number of hydrogen-bond donors (Lipinski definition) is 0. The summed E-state index contributed by atoms with van der Waals surface area (Å²) in [7, 11) is 0. The molecule has 0 saturated carbocycles. The lowest BCUT2D eigenvalue weighted by Gasteiger charge is -2.36. The van der Waals surface area contributed by atoms with E-state index < -0.39 is 5.41 Å². The van der Waals surface area contributed by atoms with E-state index in [0.717, 1.165) is 111 Å². The van der Waals surface area contributed by atoms with E-state index in [0.29, 0.717) is 0 Å². The van der Waals surface area contributed by atoms with E-state index in [2.05, 4.69) is 313 Å². The third-order valence-electron chi connectivity index (χ3n) is 17.7. The molecule has 0 N–H and O–H groups in total. The van der Waals surface area contributed by atoms with E-state index in [1.165, 1.54) is 44.2 Å². The Hall–Kier alpha value is -11.2. The van der Waals surface area contributed by atoms with Gasteiger partial charge in [0, 0.05) is 66.2 Å². The van der Waals surface area contributed by atoms with Gasteiger partial charge in [0.25, 0.3) is 0 Å². The Bertz CT molecular complexity index is 4930. The summed E-state index contributed by atoms with van der Waals surface area (Å²) in [6.45, 7) is 0. The molecule has 0 unspecified atom stereocenters. The second kappa shape index (κ2) is 19.5. The Morgan fingerprint density at radius 3 is 1.00 bits per heavy atom. The van der Waals surface area contributed by atoms with Crippen LogP contribution in [-0.4, -0.2) is 0 Å². The first-order valence-electron chi connectivity index (χ1n) is 29.1. The molecule has 0 atom stereocenters. The summed E-state index contributed by atoms with van der Waals surface area (Å²) in [4.78, 5) is 4.93. The van der Waals surface area contributed by atoms with Crippen molar-refractivity contribution >= 4 is 99.5 Å². The van der Waals surface area contributed by atoms with Crippen LogP contribution in [-0.2, 0) is 5.41 Å². The lowest BCUT2D eigenvalue weighted by atomic mass is 9.67. The zero-order valence-corrected chi connectivity index (χ0v) is 46.2. The molecule has 0 saturated heterocycles. The molecule has 14 aromatic carbocycles. The number of furan rings is 2. The first-order chi connectivity index (χ1) is 42.2. The third kappa shape index (κ3) is 7.49. The van der Waals surface area contributed by atoms with Crippen LogP contribution < -0.4 is 9.80 Å². The highest BCUT2D eigenvalue weighted by molar-refractivity contribution is 6.19. The minimum atomic E-state index is -0.812. The van der Waals surface area contributed by atoms with Crippen LogP contribution in [0.3, 0.4) is 0 Å². The lowest BCUT2D eigenvalue weighted by Crippen LogP contribution is -2.29. The third-order valence-corrected chi connectivity index (χ3v) is 17.7. The van der Waals surface area contributed by atoms with Gasteiger partial charge >= 0.3 is 0 Å². The second-order valence-corrected chi connectivity index (χ2v) is 22.2. The maximum atomic E-state index is 6.68. The van der Waals surface area contributed by atoms with Crippen LogP contribution in [0.5, 0.6) is 0 Å². The SMILES string of the molecule is c1ccc(N(c2cccc(-c3cccc4c3oc3ccccc34)c2)c2cc3c(c4ccccc24)-c2c(cc(N(c4ccccc4)c4cccc(-c5cccc6c5oc5ccccc56)c4)c4ccccc24)C3(c2ccccc2)c2ccccc2)cc1. The molecule has 2 aromatic heterocycles. The van der Waals surface area contributed by atoms with Crippen LogP contribution in [0.2, 0.25) is 0 Å². The van der Waals surface area contributed by atoms with Crippen molar-refractivity contribution in [2.24, 2.45) is 0 Å². The molecule has 1 aliphatic carbocycles. The van der Waals surface area contributed by atoms with Gasteiger partial charge in [-0.05, 0) is 128 Å². The van der Waals surface area contributed by atoms with E-state index in [9.17, 15) is 0 Å². The normalized spacial score (nSPS) is 12.6. The van der Waals surface area contributed by atoms with E-state index in [1.54, 1.807) is 0 Å². The van der Waals surface area contributed by atoms with Crippen LogP contribution in [0.1, 0.15) is 22.3 Å².